The van der Waals surface area contributed by atoms with Crippen LogP contribution in [-0.2, 0) is 9.53 Å². The maximum Gasteiger partial charge on any atom is 0.325 e. The quantitative estimate of drug-likeness (QED) is 0.669. The molecule has 2 rings (SSSR count). The minimum absolute atomic E-state index is 0. The Bertz CT molecular complexity index is 575. The number of halogens is 1. The Hall–Kier alpha value is -1.92. The minimum atomic E-state index is -1.06. The van der Waals surface area contributed by atoms with E-state index in [4.69, 9.17) is 10.5 Å². The van der Waals surface area contributed by atoms with Crippen molar-refractivity contribution >= 4 is 30.2 Å². The van der Waals surface area contributed by atoms with Gasteiger partial charge in [0.15, 0.2) is 0 Å². The van der Waals surface area contributed by atoms with Crippen LogP contribution in [0.2, 0.25) is 0 Å². The van der Waals surface area contributed by atoms with Crippen LogP contribution in [0.15, 0.2) is 24.3 Å². The molecule has 0 saturated carbocycles. The molecule has 0 spiro atoms. The van der Waals surface area contributed by atoms with Gasteiger partial charge in [-0.3, -0.25) is 19.3 Å². The minimum Gasteiger partial charge on any atom is -0.459 e. The van der Waals surface area contributed by atoms with E-state index in [0.29, 0.717) is 11.1 Å². The van der Waals surface area contributed by atoms with E-state index in [0.717, 1.165) is 4.90 Å². The van der Waals surface area contributed by atoms with Gasteiger partial charge in [0.05, 0.1) is 17.7 Å². The SMILES string of the molecule is CC(C)(C)OC(=O)C(N)CN1C(=O)c2ccccc2C1=O.Cl. The third-order valence-corrected chi connectivity index (χ3v) is 2.97. The number of ether oxygens (including phenoxy) is 1. The van der Waals surface area contributed by atoms with Crippen molar-refractivity contribution < 1.29 is 19.1 Å². The summed E-state index contributed by atoms with van der Waals surface area (Å²) >= 11 is 0. The van der Waals surface area contributed by atoms with Gasteiger partial charge in [-0.25, -0.2) is 0 Å². The summed E-state index contributed by atoms with van der Waals surface area (Å²) < 4.78 is 5.14. The van der Waals surface area contributed by atoms with Gasteiger partial charge in [-0.15, -0.1) is 12.4 Å². The molecule has 0 radical (unpaired) electrons. The predicted octanol–water partition coefficient (Wildman–Crippen LogP) is 1.37. The summed E-state index contributed by atoms with van der Waals surface area (Å²) in [5.74, 6) is -1.51. The summed E-state index contributed by atoms with van der Waals surface area (Å²) in [5.41, 5.74) is 5.74. The smallest absolute Gasteiger partial charge is 0.325 e. The van der Waals surface area contributed by atoms with Crippen molar-refractivity contribution in [3.05, 3.63) is 35.4 Å². The van der Waals surface area contributed by atoms with Crippen molar-refractivity contribution in [2.24, 2.45) is 5.73 Å². The van der Waals surface area contributed by atoms with Crippen molar-refractivity contribution in [2.75, 3.05) is 6.54 Å². The van der Waals surface area contributed by atoms with E-state index >= 15 is 0 Å². The first-order valence-electron chi connectivity index (χ1n) is 6.64. The Morgan fingerprint density at radius 1 is 1.18 bits per heavy atom. The number of fused-ring (bicyclic) bond motifs is 1. The van der Waals surface area contributed by atoms with Gasteiger partial charge >= 0.3 is 5.97 Å². The highest BCUT2D eigenvalue weighted by atomic mass is 35.5. The van der Waals surface area contributed by atoms with Crippen LogP contribution in [0.4, 0.5) is 0 Å². The van der Waals surface area contributed by atoms with Crippen LogP contribution in [0.5, 0.6) is 0 Å². The van der Waals surface area contributed by atoms with Crippen LogP contribution in [0.25, 0.3) is 0 Å². The van der Waals surface area contributed by atoms with E-state index in [2.05, 4.69) is 0 Å². The Labute approximate surface area is 135 Å². The number of imide groups is 1. The van der Waals surface area contributed by atoms with Gasteiger partial charge in [-0.2, -0.15) is 0 Å². The maximum atomic E-state index is 12.1. The zero-order chi connectivity index (χ0) is 15.8. The molecule has 7 heteroatoms. The van der Waals surface area contributed by atoms with E-state index in [1.807, 2.05) is 0 Å². The van der Waals surface area contributed by atoms with Gasteiger partial charge in [0, 0.05) is 0 Å². The first-order valence-corrected chi connectivity index (χ1v) is 6.64. The molecule has 1 atom stereocenters. The molecule has 1 aromatic rings. The Balaban J connectivity index is 0.00000242. The lowest BCUT2D eigenvalue weighted by Crippen LogP contribution is -2.47. The molecule has 0 fully saturated rings. The molecule has 0 aliphatic carbocycles. The van der Waals surface area contributed by atoms with Crippen LogP contribution in [0, 0.1) is 0 Å². The first-order chi connectivity index (χ1) is 9.70. The Morgan fingerprint density at radius 3 is 2.05 bits per heavy atom. The third kappa shape index (κ3) is 3.64. The largest absolute Gasteiger partial charge is 0.459 e. The number of esters is 1. The summed E-state index contributed by atoms with van der Waals surface area (Å²) in [6.45, 7) is 4.97. The molecule has 1 aliphatic rings. The molecular weight excluding hydrogens is 308 g/mol. The van der Waals surface area contributed by atoms with Gasteiger partial charge in [0.1, 0.15) is 11.6 Å². The van der Waals surface area contributed by atoms with Gasteiger partial charge < -0.3 is 10.5 Å². The van der Waals surface area contributed by atoms with Gasteiger partial charge in [0.2, 0.25) is 0 Å². The number of nitrogens with two attached hydrogens (primary N) is 1. The van der Waals surface area contributed by atoms with E-state index in [-0.39, 0.29) is 19.0 Å². The summed E-state index contributed by atoms with van der Waals surface area (Å²) in [6, 6.07) is 5.46. The predicted molar refractivity (Wildman–Crippen MR) is 82.9 cm³/mol. The number of nitrogens with zero attached hydrogens (tertiary/aromatic N) is 1. The molecule has 120 valence electrons. The van der Waals surface area contributed by atoms with Gasteiger partial charge in [0.25, 0.3) is 11.8 Å². The summed E-state index contributed by atoms with van der Waals surface area (Å²) in [5, 5.41) is 0. The normalized spacial score (nSPS) is 15.2. The van der Waals surface area contributed by atoms with Crippen molar-refractivity contribution in [2.45, 2.75) is 32.4 Å². The molecule has 1 aliphatic heterocycles. The molecule has 0 saturated heterocycles. The first kappa shape index (κ1) is 18.1. The molecule has 1 heterocycles. The zero-order valence-electron chi connectivity index (χ0n) is 12.7. The third-order valence-electron chi connectivity index (χ3n) is 2.97. The fourth-order valence-electron chi connectivity index (χ4n) is 2.05. The van der Waals surface area contributed by atoms with Gasteiger partial charge in [-0.1, -0.05) is 12.1 Å². The highest BCUT2D eigenvalue weighted by molar-refractivity contribution is 6.21. The second kappa shape index (κ2) is 6.46. The van der Waals surface area contributed by atoms with Crippen LogP contribution in [0.3, 0.4) is 0 Å². The molecule has 1 aromatic carbocycles. The highest BCUT2D eigenvalue weighted by Crippen LogP contribution is 2.22. The zero-order valence-corrected chi connectivity index (χ0v) is 13.5. The second-order valence-corrected chi connectivity index (χ2v) is 5.91. The fourth-order valence-corrected chi connectivity index (χ4v) is 2.05. The monoisotopic (exact) mass is 326 g/mol. The standard InChI is InChI=1S/C15H18N2O4.ClH/c1-15(2,3)21-14(20)11(16)8-17-12(18)9-6-4-5-7-10(9)13(17)19;/h4-7,11H,8,16H2,1-3H3;1H. The molecule has 2 N–H and O–H groups in total. The van der Waals surface area contributed by atoms with Crippen molar-refractivity contribution in [3.63, 3.8) is 0 Å². The summed E-state index contributed by atoms with van der Waals surface area (Å²) in [6.07, 6.45) is 0. The van der Waals surface area contributed by atoms with E-state index < -0.39 is 29.4 Å². The highest BCUT2D eigenvalue weighted by Gasteiger charge is 2.37. The Morgan fingerprint density at radius 2 is 1.64 bits per heavy atom. The molecule has 6 nitrogen and oxygen atoms in total. The fraction of sp³-hybridized carbons (Fsp3) is 0.400. The molecule has 0 bridgehead atoms. The lowest BCUT2D eigenvalue weighted by molar-refractivity contribution is -0.156. The van der Waals surface area contributed by atoms with Crippen molar-refractivity contribution in [3.8, 4) is 0 Å². The molecule has 0 aromatic heterocycles. The molecule has 22 heavy (non-hydrogen) atoms. The van der Waals surface area contributed by atoms with Crippen LogP contribution in [0.1, 0.15) is 41.5 Å². The number of rotatable bonds is 3. The van der Waals surface area contributed by atoms with Crippen molar-refractivity contribution in [1.29, 1.82) is 0 Å². The molecule has 2 amide bonds. The van der Waals surface area contributed by atoms with E-state index in [1.165, 1.54) is 0 Å². The van der Waals surface area contributed by atoms with E-state index in [9.17, 15) is 14.4 Å². The lowest BCUT2D eigenvalue weighted by Gasteiger charge is -2.24. The number of benzene rings is 1. The number of carbonyl (C=O) groups is 3. The number of hydrogen-bond acceptors (Lipinski definition) is 5. The van der Waals surface area contributed by atoms with Crippen LogP contribution in [-0.4, -0.2) is 40.9 Å². The Kier molecular flexibility index (Phi) is 5.32. The van der Waals surface area contributed by atoms with Crippen LogP contribution < -0.4 is 5.73 Å². The summed E-state index contributed by atoms with van der Waals surface area (Å²) in [4.78, 5) is 37.1. The number of hydrogen-bond donors (Lipinski definition) is 1. The van der Waals surface area contributed by atoms with Crippen LogP contribution >= 0.6 is 12.4 Å². The average molecular weight is 327 g/mol. The maximum absolute atomic E-state index is 12.1. The topological polar surface area (TPSA) is 89.7 Å². The van der Waals surface area contributed by atoms with Crippen molar-refractivity contribution in [1.82, 2.24) is 4.90 Å². The van der Waals surface area contributed by atoms with Gasteiger partial charge in [-0.05, 0) is 32.9 Å². The van der Waals surface area contributed by atoms with E-state index in [1.54, 1.807) is 45.0 Å². The second-order valence-electron chi connectivity index (χ2n) is 5.91. The number of carbonyl (C=O) groups excluding carboxylic acids is 3. The molecule has 1 unspecified atom stereocenters. The molecular formula is C15H19ClN2O4. The average Bonchev–Trinajstić information content (AvgIpc) is 2.62. The summed E-state index contributed by atoms with van der Waals surface area (Å²) in [7, 11) is 0. The number of amides is 2. The lowest BCUT2D eigenvalue weighted by atomic mass is 10.1.